The highest BCUT2D eigenvalue weighted by molar-refractivity contribution is 6.31. The SMILES string of the molecule is N#Cc1ccc(CN=C(N)N)c(Cl)c1. The minimum atomic E-state index is 0.0189. The van der Waals surface area contributed by atoms with Crippen LogP contribution in [0.4, 0.5) is 0 Å². The van der Waals surface area contributed by atoms with Crippen molar-refractivity contribution in [2.45, 2.75) is 6.54 Å². The van der Waals surface area contributed by atoms with Gasteiger partial charge in [0.1, 0.15) is 0 Å². The van der Waals surface area contributed by atoms with Gasteiger partial charge in [0.25, 0.3) is 0 Å². The number of hydrogen-bond acceptors (Lipinski definition) is 2. The third-order valence-corrected chi connectivity index (χ3v) is 1.97. The number of halogens is 1. The van der Waals surface area contributed by atoms with Crippen LogP contribution in [-0.2, 0) is 6.54 Å². The molecule has 0 spiro atoms. The van der Waals surface area contributed by atoms with E-state index >= 15 is 0 Å². The first-order valence-corrected chi connectivity index (χ1v) is 4.25. The number of benzene rings is 1. The third kappa shape index (κ3) is 2.64. The lowest BCUT2D eigenvalue weighted by atomic mass is 10.1. The molecular formula is C9H9ClN4. The third-order valence-electron chi connectivity index (χ3n) is 1.61. The minimum Gasteiger partial charge on any atom is -0.370 e. The van der Waals surface area contributed by atoms with E-state index in [1.807, 2.05) is 6.07 Å². The van der Waals surface area contributed by atoms with Gasteiger partial charge in [0.2, 0.25) is 0 Å². The molecule has 1 rings (SSSR count). The Labute approximate surface area is 86.8 Å². The summed E-state index contributed by atoms with van der Waals surface area (Å²) in [7, 11) is 0. The summed E-state index contributed by atoms with van der Waals surface area (Å²) in [5.74, 6) is 0.0189. The number of rotatable bonds is 2. The van der Waals surface area contributed by atoms with Crippen molar-refractivity contribution < 1.29 is 0 Å². The summed E-state index contributed by atoms with van der Waals surface area (Å²) in [5.41, 5.74) is 11.7. The first kappa shape index (κ1) is 10.4. The molecule has 0 amide bonds. The van der Waals surface area contributed by atoms with Gasteiger partial charge in [-0.1, -0.05) is 17.7 Å². The fourth-order valence-corrected chi connectivity index (χ4v) is 1.16. The fourth-order valence-electron chi connectivity index (χ4n) is 0.922. The van der Waals surface area contributed by atoms with Crippen molar-refractivity contribution in [2.75, 3.05) is 0 Å². The molecule has 5 heteroatoms. The Kier molecular flexibility index (Phi) is 3.32. The molecule has 0 aliphatic carbocycles. The Morgan fingerprint density at radius 3 is 2.71 bits per heavy atom. The Morgan fingerprint density at radius 1 is 1.50 bits per heavy atom. The highest BCUT2D eigenvalue weighted by atomic mass is 35.5. The van der Waals surface area contributed by atoms with Gasteiger partial charge in [-0.25, -0.2) is 4.99 Å². The van der Waals surface area contributed by atoms with Crippen molar-refractivity contribution >= 4 is 17.6 Å². The largest absolute Gasteiger partial charge is 0.370 e. The molecule has 0 heterocycles. The van der Waals surface area contributed by atoms with Gasteiger partial charge in [-0.15, -0.1) is 0 Å². The summed E-state index contributed by atoms with van der Waals surface area (Å²) in [6, 6.07) is 6.97. The fraction of sp³-hybridized carbons (Fsp3) is 0.111. The molecule has 0 unspecified atom stereocenters. The van der Waals surface area contributed by atoms with Crippen molar-refractivity contribution in [3.05, 3.63) is 34.3 Å². The van der Waals surface area contributed by atoms with Crippen LogP contribution in [0.1, 0.15) is 11.1 Å². The van der Waals surface area contributed by atoms with Crippen LogP contribution in [0.25, 0.3) is 0 Å². The predicted octanol–water partition coefficient (Wildman–Crippen LogP) is 0.985. The van der Waals surface area contributed by atoms with Crippen LogP contribution < -0.4 is 11.5 Å². The van der Waals surface area contributed by atoms with Gasteiger partial charge < -0.3 is 11.5 Å². The first-order chi connectivity index (χ1) is 6.63. The number of nitrogens with two attached hydrogens (primary N) is 2. The summed E-state index contributed by atoms with van der Waals surface area (Å²) in [6.07, 6.45) is 0. The maximum absolute atomic E-state index is 8.59. The monoisotopic (exact) mass is 208 g/mol. The lowest BCUT2D eigenvalue weighted by molar-refractivity contribution is 1.05. The van der Waals surface area contributed by atoms with E-state index < -0.39 is 0 Å². The molecule has 14 heavy (non-hydrogen) atoms. The molecule has 0 saturated carbocycles. The van der Waals surface area contributed by atoms with Gasteiger partial charge in [-0.3, -0.25) is 0 Å². The molecule has 0 saturated heterocycles. The molecule has 0 atom stereocenters. The van der Waals surface area contributed by atoms with Crippen molar-refractivity contribution in [3.8, 4) is 6.07 Å². The summed E-state index contributed by atoms with van der Waals surface area (Å²) in [5, 5.41) is 9.09. The molecule has 1 aromatic carbocycles. The van der Waals surface area contributed by atoms with E-state index in [0.29, 0.717) is 17.1 Å². The van der Waals surface area contributed by atoms with Crippen molar-refractivity contribution in [2.24, 2.45) is 16.5 Å². The van der Waals surface area contributed by atoms with Crippen LogP contribution in [0.5, 0.6) is 0 Å². The minimum absolute atomic E-state index is 0.0189. The quantitative estimate of drug-likeness (QED) is 0.561. The topological polar surface area (TPSA) is 88.2 Å². The average molecular weight is 209 g/mol. The van der Waals surface area contributed by atoms with E-state index in [2.05, 4.69) is 4.99 Å². The van der Waals surface area contributed by atoms with Gasteiger partial charge in [0.05, 0.1) is 18.2 Å². The van der Waals surface area contributed by atoms with Gasteiger partial charge >= 0.3 is 0 Å². The number of aliphatic imine (C=N–C) groups is 1. The van der Waals surface area contributed by atoms with Crippen LogP contribution in [0, 0.1) is 11.3 Å². The predicted molar refractivity (Wildman–Crippen MR) is 55.7 cm³/mol. The van der Waals surface area contributed by atoms with Gasteiger partial charge in [-0.05, 0) is 17.7 Å². The van der Waals surface area contributed by atoms with E-state index in [9.17, 15) is 0 Å². The molecule has 0 fully saturated rings. The van der Waals surface area contributed by atoms with Crippen LogP contribution in [-0.4, -0.2) is 5.96 Å². The summed E-state index contributed by atoms with van der Waals surface area (Å²) < 4.78 is 0. The second kappa shape index (κ2) is 4.49. The molecular weight excluding hydrogens is 200 g/mol. The smallest absolute Gasteiger partial charge is 0.186 e. The Hall–Kier alpha value is -1.73. The van der Waals surface area contributed by atoms with Crippen LogP contribution in [0.15, 0.2) is 23.2 Å². The zero-order chi connectivity index (χ0) is 10.6. The summed E-state index contributed by atoms with van der Waals surface area (Å²) >= 11 is 5.89. The van der Waals surface area contributed by atoms with Crippen molar-refractivity contribution in [1.82, 2.24) is 0 Å². The molecule has 72 valence electrons. The van der Waals surface area contributed by atoms with E-state index in [0.717, 1.165) is 5.56 Å². The highest BCUT2D eigenvalue weighted by Gasteiger charge is 2.00. The van der Waals surface area contributed by atoms with E-state index in [1.165, 1.54) is 0 Å². The van der Waals surface area contributed by atoms with Gasteiger partial charge in [0, 0.05) is 5.02 Å². The van der Waals surface area contributed by atoms with Gasteiger partial charge in [0.15, 0.2) is 5.96 Å². The lowest BCUT2D eigenvalue weighted by Crippen LogP contribution is -2.22. The maximum Gasteiger partial charge on any atom is 0.186 e. The Bertz CT molecular complexity index is 402. The van der Waals surface area contributed by atoms with E-state index in [4.69, 9.17) is 28.3 Å². The molecule has 0 radical (unpaired) electrons. The van der Waals surface area contributed by atoms with E-state index in [1.54, 1.807) is 18.2 Å². The van der Waals surface area contributed by atoms with Crippen molar-refractivity contribution in [3.63, 3.8) is 0 Å². The molecule has 0 aliphatic rings. The molecule has 4 nitrogen and oxygen atoms in total. The number of nitriles is 1. The summed E-state index contributed by atoms with van der Waals surface area (Å²) in [4.78, 5) is 3.82. The zero-order valence-corrected chi connectivity index (χ0v) is 8.12. The molecule has 0 aromatic heterocycles. The number of hydrogen-bond donors (Lipinski definition) is 2. The number of nitrogens with zero attached hydrogens (tertiary/aromatic N) is 2. The van der Waals surface area contributed by atoms with Crippen LogP contribution in [0.3, 0.4) is 0 Å². The van der Waals surface area contributed by atoms with Crippen molar-refractivity contribution in [1.29, 1.82) is 5.26 Å². The van der Waals surface area contributed by atoms with E-state index in [-0.39, 0.29) is 5.96 Å². The Balaban J connectivity index is 2.91. The zero-order valence-electron chi connectivity index (χ0n) is 7.37. The highest BCUT2D eigenvalue weighted by Crippen LogP contribution is 2.18. The lowest BCUT2D eigenvalue weighted by Gasteiger charge is -2.00. The van der Waals surface area contributed by atoms with Gasteiger partial charge in [-0.2, -0.15) is 5.26 Å². The standard InChI is InChI=1S/C9H9ClN4/c10-8-3-6(4-11)1-2-7(8)5-14-9(12)13/h1-3H,5H2,(H4,12,13,14). The second-order valence-electron chi connectivity index (χ2n) is 2.66. The average Bonchev–Trinajstić information content (AvgIpc) is 2.15. The second-order valence-corrected chi connectivity index (χ2v) is 3.07. The first-order valence-electron chi connectivity index (χ1n) is 3.87. The Morgan fingerprint density at radius 2 is 2.21 bits per heavy atom. The normalized spacial score (nSPS) is 9.14. The molecule has 1 aromatic rings. The molecule has 4 N–H and O–H groups in total. The van der Waals surface area contributed by atoms with Crippen LogP contribution >= 0.6 is 11.6 Å². The van der Waals surface area contributed by atoms with Crippen LogP contribution in [0.2, 0.25) is 5.02 Å². The number of guanidine groups is 1. The summed E-state index contributed by atoms with van der Waals surface area (Å²) in [6.45, 7) is 0.326. The molecule has 0 aliphatic heterocycles. The maximum atomic E-state index is 8.59. The molecule has 0 bridgehead atoms.